The summed E-state index contributed by atoms with van der Waals surface area (Å²) >= 11 is 5.89. The number of carbonyl (C=O) groups is 1. The average molecular weight is 464 g/mol. The van der Waals surface area contributed by atoms with E-state index in [2.05, 4.69) is 4.90 Å². The first-order chi connectivity index (χ1) is 15.0. The van der Waals surface area contributed by atoms with E-state index in [1.165, 1.54) is 16.4 Å². The van der Waals surface area contributed by atoms with Crippen LogP contribution in [0.1, 0.15) is 11.6 Å². The van der Waals surface area contributed by atoms with E-state index in [1.54, 1.807) is 12.1 Å². The van der Waals surface area contributed by atoms with Gasteiger partial charge < -0.3 is 9.64 Å². The van der Waals surface area contributed by atoms with Crippen molar-refractivity contribution >= 4 is 27.5 Å². The van der Waals surface area contributed by atoms with Crippen molar-refractivity contribution in [1.29, 1.82) is 0 Å². The highest BCUT2D eigenvalue weighted by Crippen LogP contribution is 2.27. The molecular formula is C22H26ClN3O4S. The Labute approximate surface area is 188 Å². The number of nitrogens with zero attached hydrogens (tertiary/aromatic N) is 3. The van der Waals surface area contributed by atoms with E-state index in [4.69, 9.17) is 16.3 Å². The van der Waals surface area contributed by atoms with Crippen LogP contribution in [0, 0.1) is 0 Å². The summed E-state index contributed by atoms with van der Waals surface area (Å²) < 4.78 is 32.9. The normalized spacial score (nSPS) is 19.8. The minimum absolute atomic E-state index is 0.0449. The van der Waals surface area contributed by atoms with Gasteiger partial charge in [0.15, 0.2) is 0 Å². The summed E-state index contributed by atoms with van der Waals surface area (Å²) in [5.74, 6) is 0.0449. The van der Waals surface area contributed by atoms with E-state index >= 15 is 0 Å². The van der Waals surface area contributed by atoms with Crippen LogP contribution in [0.4, 0.5) is 0 Å². The number of morpholine rings is 1. The van der Waals surface area contributed by atoms with Gasteiger partial charge in [0.05, 0.1) is 18.1 Å². The molecule has 9 heteroatoms. The lowest BCUT2D eigenvalue weighted by atomic mass is 10.0. The first kappa shape index (κ1) is 22.2. The first-order valence-corrected chi connectivity index (χ1v) is 12.2. The Bertz CT molecular complexity index is 987. The van der Waals surface area contributed by atoms with E-state index < -0.39 is 16.1 Å². The molecular weight excluding hydrogens is 438 g/mol. The largest absolute Gasteiger partial charge is 0.378 e. The average Bonchev–Trinajstić information content (AvgIpc) is 2.81. The Morgan fingerprint density at radius 2 is 1.48 bits per heavy atom. The van der Waals surface area contributed by atoms with Crippen LogP contribution >= 0.6 is 11.6 Å². The summed E-state index contributed by atoms with van der Waals surface area (Å²) in [6.45, 7) is 3.83. The second-order valence-corrected chi connectivity index (χ2v) is 10.0. The Morgan fingerprint density at radius 1 is 0.871 bits per heavy atom. The number of rotatable bonds is 5. The van der Waals surface area contributed by atoms with Gasteiger partial charge in [0, 0.05) is 44.3 Å². The molecule has 1 unspecified atom stereocenters. The molecule has 2 aromatic carbocycles. The molecule has 0 spiro atoms. The molecule has 0 saturated carbocycles. The minimum Gasteiger partial charge on any atom is -0.378 e. The number of carbonyl (C=O) groups excluding carboxylic acids is 1. The maximum Gasteiger partial charge on any atom is 0.244 e. The third kappa shape index (κ3) is 4.94. The summed E-state index contributed by atoms with van der Waals surface area (Å²) in [4.78, 5) is 17.6. The molecule has 2 aliphatic rings. The fourth-order valence-electron chi connectivity index (χ4n) is 4.06. The topological polar surface area (TPSA) is 70.2 Å². The van der Waals surface area contributed by atoms with E-state index in [1.807, 2.05) is 35.2 Å². The van der Waals surface area contributed by atoms with Crippen LogP contribution in [0.15, 0.2) is 59.5 Å². The van der Waals surface area contributed by atoms with Gasteiger partial charge in [-0.1, -0.05) is 41.9 Å². The quantitative estimate of drug-likeness (QED) is 0.680. The van der Waals surface area contributed by atoms with Gasteiger partial charge in [-0.05, 0) is 29.8 Å². The van der Waals surface area contributed by atoms with Crippen molar-refractivity contribution in [2.75, 3.05) is 52.5 Å². The number of amides is 1. The molecule has 1 amide bonds. The standard InChI is InChI=1S/C22H26ClN3O4S/c23-19-6-8-20(9-7-19)31(28,29)26-12-10-24(11-13-26)21(18-4-2-1-3-5-18)22(27)25-14-16-30-17-15-25/h1-9,21H,10-17H2. The van der Waals surface area contributed by atoms with Crippen LogP contribution in [0.2, 0.25) is 5.02 Å². The van der Waals surface area contributed by atoms with Crippen molar-refractivity contribution in [1.82, 2.24) is 14.1 Å². The van der Waals surface area contributed by atoms with E-state index in [0.717, 1.165) is 5.56 Å². The van der Waals surface area contributed by atoms with E-state index in [-0.39, 0.29) is 10.8 Å². The van der Waals surface area contributed by atoms with Gasteiger partial charge in [0.2, 0.25) is 15.9 Å². The number of benzene rings is 2. The number of halogens is 1. The van der Waals surface area contributed by atoms with E-state index in [0.29, 0.717) is 57.5 Å². The Kier molecular flexibility index (Phi) is 6.93. The maximum atomic E-state index is 13.4. The zero-order chi connectivity index (χ0) is 21.8. The number of ether oxygens (including phenoxy) is 1. The van der Waals surface area contributed by atoms with Gasteiger partial charge in [-0.15, -0.1) is 0 Å². The van der Waals surface area contributed by atoms with Crippen molar-refractivity contribution in [3.05, 3.63) is 65.2 Å². The molecule has 2 aromatic rings. The van der Waals surface area contributed by atoms with Crippen molar-refractivity contribution < 1.29 is 17.9 Å². The fourth-order valence-corrected chi connectivity index (χ4v) is 5.61. The number of sulfonamides is 1. The number of hydrogen-bond acceptors (Lipinski definition) is 5. The summed E-state index contributed by atoms with van der Waals surface area (Å²) in [7, 11) is -3.60. The van der Waals surface area contributed by atoms with Crippen LogP contribution in [0.3, 0.4) is 0 Å². The Morgan fingerprint density at radius 3 is 2.10 bits per heavy atom. The third-order valence-corrected chi connectivity index (χ3v) is 7.93. The second kappa shape index (κ2) is 9.67. The summed E-state index contributed by atoms with van der Waals surface area (Å²) in [6.07, 6.45) is 0. The van der Waals surface area contributed by atoms with Crippen LogP contribution in [-0.4, -0.2) is 80.9 Å². The molecule has 2 saturated heterocycles. The first-order valence-electron chi connectivity index (χ1n) is 10.4. The molecule has 0 radical (unpaired) electrons. The molecule has 2 heterocycles. The number of hydrogen-bond donors (Lipinski definition) is 0. The molecule has 7 nitrogen and oxygen atoms in total. The van der Waals surface area contributed by atoms with Gasteiger partial charge in [-0.2, -0.15) is 4.31 Å². The Balaban J connectivity index is 1.51. The van der Waals surface area contributed by atoms with Crippen LogP contribution in [0.25, 0.3) is 0 Å². The smallest absolute Gasteiger partial charge is 0.244 e. The molecule has 166 valence electrons. The zero-order valence-electron chi connectivity index (χ0n) is 17.2. The molecule has 2 aliphatic heterocycles. The minimum atomic E-state index is -3.60. The van der Waals surface area contributed by atoms with Crippen LogP contribution in [-0.2, 0) is 19.6 Å². The van der Waals surface area contributed by atoms with Crippen molar-refractivity contribution in [3.8, 4) is 0 Å². The van der Waals surface area contributed by atoms with Crippen LogP contribution in [0.5, 0.6) is 0 Å². The Hall–Kier alpha value is -1.97. The molecule has 0 N–H and O–H groups in total. The number of piperazine rings is 1. The molecule has 4 rings (SSSR count). The SMILES string of the molecule is O=C(C(c1ccccc1)N1CCN(S(=O)(=O)c2ccc(Cl)cc2)CC1)N1CCOCC1. The third-order valence-electron chi connectivity index (χ3n) is 5.76. The van der Waals surface area contributed by atoms with Gasteiger partial charge in [0.25, 0.3) is 0 Å². The molecule has 1 atom stereocenters. The monoisotopic (exact) mass is 463 g/mol. The molecule has 0 aliphatic carbocycles. The lowest BCUT2D eigenvalue weighted by Gasteiger charge is -2.40. The highest BCUT2D eigenvalue weighted by Gasteiger charge is 2.36. The van der Waals surface area contributed by atoms with Gasteiger partial charge in [0.1, 0.15) is 6.04 Å². The highest BCUT2D eigenvalue weighted by atomic mass is 35.5. The van der Waals surface area contributed by atoms with E-state index in [9.17, 15) is 13.2 Å². The summed E-state index contributed by atoms with van der Waals surface area (Å²) in [5, 5.41) is 0.496. The second-order valence-electron chi connectivity index (χ2n) is 7.64. The predicted molar refractivity (Wildman–Crippen MR) is 118 cm³/mol. The van der Waals surface area contributed by atoms with Crippen LogP contribution < -0.4 is 0 Å². The summed E-state index contributed by atoms with van der Waals surface area (Å²) in [5.41, 5.74) is 0.924. The molecule has 2 fully saturated rings. The highest BCUT2D eigenvalue weighted by molar-refractivity contribution is 7.89. The predicted octanol–water partition coefficient (Wildman–Crippen LogP) is 2.25. The lowest BCUT2D eigenvalue weighted by Crippen LogP contribution is -2.54. The van der Waals surface area contributed by atoms with Gasteiger partial charge in [-0.3, -0.25) is 9.69 Å². The fraction of sp³-hybridized carbons (Fsp3) is 0.409. The van der Waals surface area contributed by atoms with Crippen molar-refractivity contribution in [3.63, 3.8) is 0 Å². The van der Waals surface area contributed by atoms with Crippen molar-refractivity contribution in [2.45, 2.75) is 10.9 Å². The lowest BCUT2D eigenvalue weighted by molar-refractivity contribution is -0.142. The summed E-state index contributed by atoms with van der Waals surface area (Å²) in [6, 6.07) is 15.5. The zero-order valence-corrected chi connectivity index (χ0v) is 18.8. The molecule has 31 heavy (non-hydrogen) atoms. The van der Waals surface area contributed by atoms with Gasteiger partial charge >= 0.3 is 0 Å². The maximum absolute atomic E-state index is 13.4. The van der Waals surface area contributed by atoms with Gasteiger partial charge in [-0.25, -0.2) is 8.42 Å². The van der Waals surface area contributed by atoms with Crippen molar-refractivity contribution in [2.24, 2.45) is 0 Å². The molecule has 0 bridgehead atoms. The molecule has 0 aromatic heterocycles.